The molecule has 0 heterocycles. The molecule has 0 spiro atoms. The van der Waals surface area contributed by atoms with E-state index < -0.39 is 17.0 Å². The van der Waals surface area contributed by atoms with Crippen molar-refractivity contribution in [2.24, 2.45) is 28.6 Å². The quantitative estimate of drug-likeness (QED) is 0.724. The number of fused-ring (bicyclic) bond motifs is 5. The lowest BCUT2D eigenvalue weighted by Crippen LogP contribution is -2.58. The van der Waals surface area contributed by atoms with Crippen molar-refractivity contribution in [2.75, 3.05) is 6.61 Å². The molecule has 0 saturated heterocycles. The number of carbonyl (C=O) groups excluding carboxylic acids is 3. The van der Waals surface area contributed by atoms with Gasteiger partial charge < -0.3 is 9.84 Å². The standard InChI is InChI=1S/C24H34O5/c1-4-21(27)29-14-20(26)24(28)12-9-19-17-6-5-15-13-16(25)7-10-22(15,2)18(17)8-11-23(19,24)3/h13,17-19,28H,4-12,14H2,1-3H3/t17-,18+,19+,22+,23+,24-/m1/s1. The minimum atomic E-state index is -1.41. The number of ether oxygens (including phenoxy) is 1. The highest BCUT2D eigenvalue weighted by Crippen LogP contribution is 2.67. The number of carbonyl (C=O) groups is 3. The van der Waals surface area contributed by atoms with Gasteiger partial charge in [0.15, 0.2) is 12.4 Å². The summed E-state index contributed by atoms with van der Waals surface area (Å²) < 4.78 is 5.07. The van der Waals surface area contributed by atoms with Crippen molar-refractivity contribution in [3.8, 4) is 0 Å². The summed E-state index contributed by atoms with van der Waals surface area (Å²) in [7, 11) is 0. The number of allylic oxidation sites excluding steroid dienone is 1. The molecule has 4 aliphatic rings. The van der Waals surface area contributed by atoms with E-state index in [1.807, 2.05) is 6.08 Å². The number of rotatable bonds is 4. The zero-order chi connectivity index (χ0) is 21.0. The second-order valence-corrected chi connectivity index (χ2v) is 10.3. The second-order valence-electron chi connectivity index (χ2n) is 10.3. The molecule has 6 atom stereocenters. The first kappa shape index (κ1) is 20.8. The summed E-state index contributed by atoms with van der Waals surface area (Å²) in [6, 6.07) is 0. The molecule has 0 bridgehead atoms. The summed E-state index contributed by atoms with van der Waals surface area (Å²) in [5.74, 6) is 0.811. The SMILES string of the molecule is CCC(=O)OCC(=O)[C@]1(O)CC[C@H]2[C@@H]3CCC4=CC(=O)CC[C@]4(C)[C@H]3CC[C@@]21C. The van der Waals surface area contributed by atoms with Gasteiger partial charge in [-0.25, -0.2) is 0 Å². The number of hydrogen-bond donors (Lipinski definition) is 1. The summed E-state index contributed by atoms with van der Waals surface area (Å²) >= 11 is 0. The Kier molecular flexibility index (Phi) is 5.04. The van der Waals surface area contributed by atoms with Crippen LogP contribution >= 0.6 is 0 Å². The molecule has 5 heteroatoms. The topological polar surface area (TPSA) is 80.7 Å². The summed E-state index contributed by atoms with van der Waals surface area (Å²) in [6.07, 6.45) is 8.77. The van der Waals surface area contributed by atoms with E-state index in [1.165, 1.54) is 5.57 Å². The van der Waals surface area contributed by atoms with Gasteiger partial charge in [-0.1, -0.05) is 26.3 Å². The van der Waals surface area contributed by atoms with Gasteiger partial charge in [0.25, 0.3) is 0 Å². The van der Waals surface area contributed by atoms with Crippen LogP contribution in [0.3, 0.4) is 0 Å². The molecule has 3 saturated carbocycles. The highest BCUT2D eigenvalue weighted by Gasteiger charge is 2.66. The molecule has 5 nitrogen and oxygen atoms in total. The molecule has 0 amide bonds. The third-order valence-corrected chi connectivity index (χ3v) is 9.23. The first-order valence-corrected chi connectivity index (χ1v) is 11.3. The molecule has 0 radical (unpaired) electrons. The van der Waals surface area contributed by atoms with Crippen LogP contribution in [0, 0.1) is 28.6 Å². The molecule has 0 aliphatic heterocycles. The van der Waals surface area contributed by atoms with E-state index in [2.05, 4.69) is 13.8 Å². The van der Waals surface area contributed by atoms with Gasteiger partial charge in [0, 0.05) is 18.3 Å². The predicted octanol–water partition coefficient (Wildman–Crippen LogP) is 3.77. The van der Waals surface area contributed by atoms with E-state index in [0.29, 0.717) is 30.6 Å². The number of esters is 1. The minimum absolute atomic E-state index is 0.0829. The van der Waals surface area contributed by atoms with Gasteiger partial charge in [0.05, 0.1) is 0 Å². The summed E-state index contributed by atoms with van der Waals surface area (Å²) in [4.78, 5) is 36.4. The summed E-state index contributed by atoms with van der Waals surface area (Å²) in [5.41, 5.74) is -0.462. The highest BCUT2D eigenvalue weighted by molar-refractivity contribution is 5.92. The molecule has 29 heavy (non-hydrogen) atoms. The molecule has 0 aromatic carbocycles. The molecule has 1 N–H and O–H groups in total. The summed E-state index contributed by atoms with van der Waals surface area (Å²) in [6.45, 7) is 5.78. The van der Waals surface area contributed by atoms with Crippen molar-refractivity contribution in [1.29, 1.82) is 0 Å². The number of aliphatic hydroxyl groups is 1. The average Bonchev–Trinajstić information content (AvgIpc) is 2.98. The van der Waals surface area contributed by atoms with Gasteiger partial charge in [-0.2, -0.15) is 0 Å². The van der Waals surface area contributed by atoms with Gasteiger partial charge in [-0.05, 0) is 74.2 Å². The monoisotopic (exact) mass is 402 g/mol. The highest BCUT2D eigenvalue weighted by atomic mass is 16.5. The van der Waals surface area contributed by atoms with E-state index in [4.69, 9.17) is 4.74 Å². The maximum absolute atomic E-state index is 13.0. The van der Waals surface area contributed by atoms with Crippen LogP contribution in [0.2, 0.25) is 0 Å². The lowest BCUT2D eigenvalue weighted by Gasteiger charge is -2.58. The molecular weight excluding hydrogens is 368 g/mol. The van der Waals surface area contributed by atoms with E-state index >= 15 is 0 Å². The molecule has 0 aromatic rings. The lowest BCUT2D eigenvalue weighted by atomic mass is 9.46. The first-order valence-electron chi connectivity index (χ1n) is 11.3. The Hall–Kier alpha value is -1.49. The minimum Gasteiger partial charge on any atom is -0.458 e. The third kappa shape index (κ3) is 2.95. The van der Waals surface area contributed by atoms with Crippen molar-refractivity contribution in [3.63, 3.8) is 0 Å². The van der Waals surface area contributed by atoms with E-state index in [1.54, 1.807) is 6.92 Å². The van der Waals surface area contributed by atoms with Crippen LogP contribution in [0.25, 0.3) is 0 Å². The molecule has 0 aromatic heterocycles. The molecule has 3 fully saturated rings. The largest absolute Gasteiger partial charge is 0.458 e. The predicted molar refractivity (Wildman–Crippen MR) is 108 cm³/mol. The first-order chi connectivity index (χ1) is 13.7. The Morgan fingerprint density at radius 1 is 1.10 bits per heavy atom. The average molecular weight is 403 g/mol. The Balaban J connectivity index is 1.57. The fraction of sp³-hybridized carbons (Fsp3) is 0.792. The fourth-order valence-corrected chi connectivity index (χ4v) is 7.40. The van der Waals surface area contributed by atoms with E-state index in [9.17, 15) is 19.5 Å². The molecular formula is C24H34O5. The molecule has 0 unspecified atom stereocenters. The van der Waals surface area contributed by atoms with Crippen LogP contribution in [-0.4, -0.2) is 34.9 Å². The van der Waals surface area contributed by atoms with Crippen LogP contribution < -0.4 is 0 Å². The fourth-order valence-electron chi connectivity index (χ4n) is 7.40. The zero-order valence-electron chi connectivity index (χ0n) is 18.0. The van der Waals surface area contributed by atoms with Crippen LogP contribution in [0.5, 0.6) is 0 Å². The third-order valence-electron chi connectivity index (χ3n) is 9.23. The Morgan fingerprint density at radius 3 is 2.55 bits per heavy atom. The molecule has 4 rings (SSSR count). The Labute approximate surface area is 173 Å². The normalized spacial score (nSPS) is 43.7. The van der Waals surface area contributed by atoms with Crippen molar-refractivity contribution < 1.29 is 24.2 Å². The lowest BCUT2D eigenvalue weighted by molar-refractivity contribution is -0.169. The van der Waals surface area contributed by atoms with Crippen LogP contribution in [0.15, 0.2) is 11.6 Å². The van der Waals surface area contributed by atoms with Gasteiger partial charge >= 0.3 is 5.97 Å². The molecule has 160 valence electrons. The van der Waals surface area contributed by atoms with Gasteiger partial charge in [-0.15, -0.1) is 0 Å². The van der Waals surface area contributed by atoms with Crippen LogP contribution in [0.1, 0.15) is 78.6 Å². The van der Waals surface area contributed by atoms with Crippen molar-refractivity contribution in [3.05, 3.63) is 11.6 Å². The van der Waals surface area contributed by atoms with Crippen LogP contribution in [-0.2, 0) is 19.1 Å². The van der Waals surface area contributed by atoms with Gasteiger partial charge in [-0.3, -0.25) is 14.4 Å². The second kappa shape index (κ2) is 7.04. The maximum atomic E-state index is 13.0. The number of ketones is 2. The van der Waals surface area contributed by atoms with Crippen molar-refractivity contribution in [2.45, 2.75) is 84.2 Å². The van der Waals surface area contributed by atoms with Gasteiger partial charge in [0.2, 0.25) is 5.78 Å². The Bertz CT molecular complexity index is 769. The van der Waals surface area contributed by atoms with Crippen molar-refractivity contribution in [1.82, 2.24) is 0 Å². The maximum Gasteiger partial charge on any atom is 0.305 e. The van der Waals surface area contributed by atoms with E-state index in [-0.39, 0.29) is 30.0 Å². The Morgan fingerprint density at radius 2 is 1.83 bits per heavy atom. The zero-order valence-corrected chi connectivity index (χ0v) is 18.0. The smallest absolute Gasteiger partial charge is 0.305 e. The number of hydrogen-bond acceptors (Lipinski definition) is 5. The summed E-state index contributed by atoms with van der Waals surface area (Å²) in [5, 5.41) is 11.5. The van der Waals surface area contributed by atoms with Crippen LogP contribution in [0.4, 0.5) is 0 Å². The number of Topliss-reactive ketones (excluding diaryl/α,β-unsaturated/α-hetero) is 1. The van der Waals surface area contributed by atoms with Crippen molar-refractivity contribution >= 4 is 17.5 Å². The van der Waals surface area contributed by atoms with E-state index in [0.717, 1.165) is 38.5 Å². The van der Waals surface area contributed by atoms with Gasteiger partial charge in [0.1, 0.15) is 5.60 Å². The molecule has 4 aliphatic carbocycles.